The molecule has 2 aliphatic rings. The van der Waals surface area contributed by atoms with Crippen molar-refractivity contribution < 1.29 is 18.0 Å². The average Bonchev–Trinajstić information content (AvgIpc) is 2.93. The van der Waals surface area contributed by atoms with Crippen molar-refractivity contribution in [3.63, 3.8) is 0 Å². The maximum Gasteiger partial charge on any atom is 0.451 e. The maximum atomic E-state index is 13.4. The Bertz CT molecular complexity index is 1330. The van der Waals surface area contributed by atoms with Crippen LogP contribution >= 0.6 is 11.6 Å². The smallest absolute Gasteiger partial charge is 0.354 e. The van der Waals surface area contributed by atoms with Crippen LogP contribution in [0, 0.1) is 0 Å². The Hall–Kier alpha value is -3.28. The number of carbonyl (C=O) groups is 1. The fourth-order valence-corrected chi connectivity index (χ4v) is 5.05. The zero-order chi connectivity index (χ0) is 26.7. The minimum atomic E-state index is -4.62. The highest BCUT2D eigenvalue weighted by molar-refractivity contribution is 6.35. The van der Waals surface area contributed by atoms with Crippen molar-refractivity contribution in [3.8, 4) is 0 Å². The molecule has 3 aromatic rings. The molecule has 0 saturated carbocycles. The number of pyridine rings is 1. The lowest BCUT2D eigenvalue weighted by molar-refractivity contribution is -0.145. The third-order valence-corrected chi connectivity index (χ3v) is 7.09. The van der Waals surface area contributed by atoms with Gasteiger partial charge in [0.1, 0.15) is 5.82 Å². The lowest BCUT2D eigenvalue weighted by atomic mass is 10.0. The number of hydrogen-bond donors (Lipinski definition) is 2. The SMILES string of the molecule is O=C(NCC(c1cnc(C(F)(F)F)nc1)N1CC=CCC1)c1c(Cl)ccc2nc(N3CCNCC3)ccc12. The Morgan fingerprint density at radius 1 is 1.08 bits per heavy atom. The van der Waals surface area contributed by atoms with Gasteiger partial charge in [-0.05, 0) is 30.7 Å². The first-order chi connectivity index (χ1) is 18.3. The average molecular weight is 546 g/mol. The molecular weight excluding hydrogens is 519 g/mol. The summed E-state index contributed by atoms with van der Waals surface area (Å²) in [5.41, 5.74) is 1.45. The molecule has 8 nitrogen and oxygen atoms in total. The zero-order valence-corrected chi connectivity index (χ0v) is 21.3. The summed E-state index contributed by atoms with van der Waals surface area (Å²) in [4.78, 5) is 29.5. The van der Waals surface area contributed by atoms with E-state index in [-0.39, 0.29) is 12.5 Å². The van der Waals surface area contributed by atoms with Gasteiger partial charge in [0.25, 0.3) is 5.91 Å². The molecule has 1 unspecified atom stereocenters. The maximum absolute atomic E-state index is 13.4. The minimum Gasteiger partial charge on any atom is -0.354 e. The summed E-state index contributed by atoms with van der Waals surface area (Å²) in [6, 6.07) is 6.78. The van der Waals surface area contributed by atoms with Crippen molar-refractivity contribution in [1.29, 1.82) is 0 Å². The molecule has 0 aliphatic carbocycles. The van der Waals surface area contributed by atoms with Gasteiger partial charge in [-0.1, -0.05) is 23.8 Å². The van der Waals surface area contributed by atoms with E-state index < -0.39 is 18.0 Å². The third kappa shape index (κ3) is 5.74. The second-order valence-electron chi connectivity index (χ2n) is 9.21. The fraction of sp³-hybridized carbons (Fsp3) is 0.385. The summed E-state index contributed by atoms with van der Waals surface area (Å²) in [6.07, 6.45) is 2.57. The van der Waals surface area contributed by atoms with Gasteiger partial charge in [0.2, 0.25) is 5.82 Å². The van der Waals surface area contributed by atoms with E-state index in [0.717, 1.165) is 38.4 Å². The van der Waals surface area contributed by atoms with Crippen molar-refractivity contribution in [3.05, 3.63) is 70.8 Å². The van der Waals surface area contributed by atoms with Gasteiger partial charge < -0.3 is 15.5 Å². The Kier molecular flexibility index (Phi) is 7.78. The molecule has 38 heavy (non-hydrogen) atoms. The molecule has 1 saturated heterocycles. The molecule has 200 valence electrons. The number of nitrogens with zero attached hydrogens (tertiary/aromatic N) is 5. The molecule has 1 aromatic carbocycles. The monoisotopic (exact) mass is 545 g/mol. The van der Waals surface area contributed by atoms with Gasteiger partial charge in [0, 0.05) is 69.2 Å². The zero-order valence-electron chi connectivity index (χ0n) is 20.5. The summed E-state index contributed by atoms with van der Waals surface area (Å²) in [5, 5.41) is 7.18. The molecule has 0 bridgehead atoms. The lowest BCUT2D eigenvalue weighted by Crippen LogP contribution is -2.43. The molecule has 2 aromatic heterocycles. The first-order valence-corrected chi connectivity index (χ1v) is 12.8. The van der Waals surface area contributed by atoms with Crippen molar-refractivity contribution >= 4 is 34.2 Å². The Labute approximate surface area is 222 Å². The number of amides is 1. The Balaban J connectivity index is 1.38. The van der Waals surface area contributed by atoms with Crippen LogP contribution in [0.1, 0.15) is 34.2 Å². The molecule has 12 heteroatoms. The summed E-state index contributed by atoms with van der Waals surface area (Å²) in [7, 11) is 0. The van der Waals surface area contributed by atoms with Crippen molar-refractivity contribution in [2.75, 3.05) is 50.7 Å². The second-order valence-corrected chi connectivity index (χ2v) is 9.62. The van der Waals surface area contributed by atoms with Crippen LogP contribution in [0.5, 0.6) is 0 Å². The van der Waals surface area contributed by atoms with Crippen LogP contribution in [0.3, 0.4) is 0 Å². The topological polar surface area (TPSA) is 86.3 Å². The molecule has 0 radical (unpaired) electrons. The number of halogens is 4. The standard InChI is InChI=1S/C26H27ClF3N7O/c27-19-5-6-20-18(4-7-22(35-20)37-12-8-31-9-13-37)23(19)24(38)32-16-21(36-10-2-1-3-11-36)17-14-33-25(34-15-17)26(28,29)30/h1-2,4-7,14-15,21,31H,3,8-13,16H2,(H,32,38). The van der Waals surface area contributed by atoms with Crippen LogP contribution in [-0.4, -0.2) is 71.6 Å². The lowest BCUT2D eigenvalue weighted by Gasteiger charge is -2.32. The van der Waals surface area contributed by atoms with Gasteiger partial charge in [0.15, 0.2) is 0 Å². The van der Waals surface area contributed by atoms with Gasteiger partial charge in [-0.3, -0.25) is 9.69 Å². The number of benzene rings is 1. The van der Waals surface area contributed by atoms with E-state index in [1.807, 2.05) is 24.3 Å². The van der Waals surface area contributed by atoms with Gasteiger partial charge in [-0.15, -0.1) is 0 Å². The fourth-order valence-electron chi connectivity index (χ4n) is 4.80. The van der Waals surface area contributed by atoms with Crippen LogP contribution in [0.25, 0.3) is 10.9 Å². The number of piperazine rings is 1. The van der Waals surface area contributed by atoms with Gasteiger partial charge in [-0.2, -0.15) is 13.2 Å². The molecule has 1 fully saturated rings. The quantitative estimate of drug-likeness (QED) is 0.455. The predicted molar refractivity (Wildman–Crippen MR) is 139 cm³/mol. The summed E-state index contributed by atoms with van der Waals surface area (Å²) in [6.45, 7) is 4.87. The highest BCUT2D eigenvalue weighted by Gasteiger charge is 2.35. The summed E-state index contributed by atoms with van der Waals surface area (Å²) >= 11 is 6.47. The third-order valence-electron chi connectivity index (χ3n) is 6.77. The van der Waals surface area contributed by atoms with E-state index in [0.29, 0.717) is 40.1 Å². The number of hydrogen-bond acceptors (Lipinski definition) is 7. The molecule has 2 aliphatic heterocycles. The first kappa shape index (κ1) is 26.3. The van der Waals surface area contributed by atoms with Crippen molar-refractivity contribution in [2.24, 2.45) is 0 Å². The Morgan fingerprint density at radius 2 is 1.84 bits per heavy atom. The normalized spacial score (nSPS) is 17.5. The second kappa shape index (κ2) is 11.2. The van der Waals surface area contributed by atoms with Crippen molar-refractivity contribution in [2.45, 2.75) is 18.6 Å². The Morgan fingerprint density at radius 3 is 2.53 bits per heavy atom. The highest BCUT2D eigenvalue weighted by atomic mass is 35.5. The van der Waals surface area contributed by atoms with Crippen LogP contribution < -0.4 is 15.5 Å². The number of aromatic nitrogens is 3. The van der Waals surface area contributed by atoms with E-state index in [9.17, 15) is 18.0 Å². The predicted octanol–water partition coefficient (Wildman–Crippen LogP) is 3.84. The van der Waals surface area contributed by atoms with E-state index in [4.69, 9.17) is 16.6 Å². The van der Waals surface area contributed by atoms with Crippen LogP contribution in [0.2, 0.25) is 5.02 Å². The molecule has 0 spiro atoms. The molecular formula is C26H27ClF3N7O. The van der Waals surface area contributed by atoms with Crippen LogP contribution in [0.4, 0.5) is 19.0 Å². The van der Waals surface area contributed by atoms with Gasteiger partial charge in [0.05, 0.1) is 22.1 Å². The molecule has 2 N–H and O–H groups in total. The minimum absolute atomic E-state index is 0.139. The molecule has 1 amide bonds. The van der Waals surface area contributed by atoms with Crippen LogP contribution in [-0.2, 0) is 6.18 Å². The number of alkyl halides is 3. The summed E-state index contributed by atoms with van der Waals surface area (Å²) in [5.74, 6) is -0.742. The largest absolute Gasteiger partial charge is 0.451 e. The summed E-state index contributed by atoms with van der Waals surface area (Å²) < 4.78 is 39.0. The number of nitrogens with one attached hydrogen (secondary N) is 2. The molecule has 5 rings (SSSR count). The van der Waals surface area contributed by atoms with E-state index in [1.54, 1.807) is 12.1 Å². The van der Waals surface area contributed by atoms with Crippen molar-refractivity contribution in [1.82, 2.24) is 30.5 Å². The first-order valence-electron chi connectivity index (χ1n) is 12.4. The van der Waals surface area contributed by atoms with Crippen LogP contribution in [0.15, 0.2) is 48.8 Å². The number of fused-ring (bicyclic) bond motifs is 1. The van der Waals surface area contributed by atoms with E-state index in [1.165, 1.54) is 12.4 Å². The van der Waals surface area contributed by atoms with E-state index >= 15 is 0 Å². The molecule has 4 heterocycles. The molecule has 1 atom stereocenters. The van der Waals surface area contributed by atoms with Gasteiger partial charge >= 0.3 is 6.18 Å². The number of rotatable bonds is 6. The van der Waals surface area contributed by atoms with Gasteiger partial charge in [-0.25, -0.2) is 15.0 Å². The number of carbonyl (C=O) groups excluding carboxylic acids is 1. The van der Waals surface area contributed by atoms with E-state index in [2.05, 4.69) is 30.4 Å². The number of anilines is 1. The highest BCUT2D eigenvalue weighted by Crippen LogP contribution is 2.29.